The van der Waals surface area contributed by atoms with Crippen molar-refractivity contribution >= 4 is 26.6 Å². The molecule has 3 aromatic rings. The van der Waals surface area contributed by atoms with Gasteiger partial charge in [-0.3, -0.25) is 0 Å². The number of para-hydroxylation sites is 1. The zero-order chi connectivity index (χ0) is 17.0. The summed E-state index contributed by atoms with van der Waals surface area (Å²) in [6.45, 7) is -0.199. The maximum atomic E-state index is 11.7. The van der Waals surface area contributed by atoms with Crippen LogP contribution in [0.25, 0.3) is 16.9 Å². The molecule has 2 aromatic heterocycles. The summed E-state index contributed by atoms with van der Waals surface area (Å²) >= 11 is 0. The van der Waals surface area contributed by atoms with Gasteiger partial charge in [-0.15, -0.1) is 5.10 Å². The second kappa shape index (κ2) is 6.89. The van der Waals surface area contributed by atoms with Crippen LogP contribution in [0.3, 0.4) is 0 Å². The molecule has 126 valence electrons. The molecule has 2 heterocycles. The van der Waals surface area contributed by atoms with Crippen LogP contribution in [0.1, 0.15) is 0 Å². The van der Waals surface area contributed by atoms with Gasteiger partial charge in [0.2, 0.25) is 0 Å². The number of sulfone groups is 1. The first-order chi connectivity index (χ1) is 11.6. The van der Waals surface area contributed by atoms with Crippen molar-refractivity contribution in [1.82, 2.24) is 25.0 Å². The molecular formula is C14H16N6O3S. The van der Waals surface area contributed by atoms with Gasteiger partial charge in [0.15, 0.2) is 9.84 Å². The van der Waals surface area contributed by atoms with Crippen LogP contribution < -0.4 is 5.32 Å². The van der Waals surface area contributed by atoms with Gasteiger partial charge < -0.3 is 10.4 Å². The van der Waals surface area contributed by atoms with Crippen LogP contribution in [-0.2, 0) is 9.84 Å². The molecule has 1 aromatic carbocycles. The molecule has 0 bridgehead atoms. The Morgan fingerprint density at radius 1 is 1.17 bits per heavy atom. The van der Waals surface area contributed by atoms with Gasteiger partial charge in [0.05, 0.1) is 36.0 Å². The van der Waals surface area contributed by atoms with Gasteiger partial charge in [0.25, 0.3) is 5.95 Å². The van der Waals surface area contributed by atoms with Crippen molar-refractivity contribution in [3.63, 3.8) is 0 Å². The number of aliphatic hydroxyl groups excluding tert-OH is 1. The summed E-state index contributed by atoms with van der Waals surface area (Å²) in [6, 6.07) is 7.40. The lowest BCUT2D eigenvalue weighted by molar-refractivity contribution is 0.319. The van der Waals surface area contributed by atoms with E-state index in [2.05, 4.69) is 25.6 Å². The molecule has 0 fully saturated rings. The fraction of sp³-hybridized carbons (Fsp3) is 0.286. The van der Waals surface area contributed by atoms with E-state index >= 15 is 0 Å². The molecular weight excluding hydrogens is 332 g/mol. The molecule has 0 unspecified atom stereocenters. The second-order valence-electron chi connectivity index (χ2n) is 5.04. The van der Waals surface area contributed by atoms with Gasteiger partial charge in [0, 0.05) is 11.9 Å². The highest BCUT2D eigenvalue weighted by Gasteiger charge is 2.12. The highest BCUT2D eigenvalue weighted by Crippen LogP contribution is 2.20. The van der Waals surface area contributed by atoms with E-state index in [4.69, 9.17) is 5.11 Å². The van der Waals surface area contributed by atoms with Gasteiger partial charge in [0.1, 0.15) is 5.82 Å². The standard InChI is InChI=1S/C14H16N6O3S/c21-8-10-24(22,23)9-6-15-13-11-3-1-2-4-12(11)17-14(18-13)20-7-5-16-19-20/h1-5,7,21H,6,8-10H2,(H,15,17,18). The Kier molecular flexibility index (Phi) is 4.67. The number of hydrogen-bond donors (Lipinski definition) is 2. The minimum absolute atomic E-state index is 0.0927. The minimum atomic E-state index is -3.29. The van der Waals surface area contributed by atoms with E-state index in [1.165, 1.54) is 10.9 Å². The lowest BCUT2D eigenvalue weighted by atomic mass is 10.2. The molecule has 3 rings (SSSR count). The van der Waals surface area contributed by atoms with Crippen LogP contribution in [0.5, 0.6) is 0 Å². The molecule has 0 amide bonds. The summed E-state index contributed by atoms with van der Waals surface area (Å²) in [7, 11) is -3.29. The third-order valence-electron chi connectivity index (χ3n) is 3.33. The number of rotatable bonds is 7. The van der Waals surface area contributed by atoms with Crippen molar-refractivity contribution in [3.05, 3.63) is 36.7 Å². The number of hydrogen-bond acceptors (Lipinski definition) is 8. The van der Waals surface area contributed by atoms with Crippen LogP contribution in [0.2, 0.25) is 0 Å². The van der Waals surface area contributed by atoms with Crippen LogP contribution in [0, 0.1) is 0 Å². The smallest absolute Gasteiger partial charge is 0.254 e. The Morgan fingerprint density at radius 3 is 2.75 bits per heavy atom. The van der Waals surface area contributed by atoms with E-state index in [-0.39, 0.29) is 24.7 Å². The normalized spacial score (nSPS) is 11.7. The molecule has 24 heavy (non-hydrogen) atoms. The monoisotopic (exact) mass is 348 g/mol. The first kappa shape index (κ1) is 16.3. The number of nitrogens with one attached hydrogen (secondary N) is 1. The maximum absolute atomic E-state index is 11.7. The largest absolute Gasteiger partial charge is 0.395 e. The molecule has 9 nitrogen and oxygen atoms in total. The molecule has 0 saturated carbocycles. The van der Waals surface area contributed by atoms with Crippen molar-refractivity contribution in [3.8, 4) is 5.95 Å². The van der Waals surface area contributed by atoms with E-state index in [9.17, 15) is 8.42 Å². The van der Waals surface area contributed by atoms with Crippen LogP contribution in [0.4, 0.5) is 5.82 Å². The number of aliphatic hydroxyl groups is 1. The quantitative estimate of drug-likeness (QED) is 0.613. The Bertz CT molecular complexity index is 927. The minimum Gasteiger partial charge on any atom is -0.395 e. The van der Waals surface area contributed by atoms with Crippen molar-refractivity contribution in [2.24, 2.45) is 0 Å². The van der Waals surface area contributed by atoms with Crippen LogP contribution in [-0.4, -0.2) is 63.1 Å². The average Bonchev–Trinajstić information content (AvgIpc) is 3.09. The van der Waals surface area contributed by atoms with Crippen molar-refractivity contribution in [1.29, 1.82) is 0 Å². The molecule has 0 radical (unpaired) electrons. The molecule has 0 aliphatic rings. The molecule has 0 aliphatic carbocycles. The first-order valence-corrected chi connectivity index (χ1v) is 9.10. The first-order valence-electron chi connectivity index (χ1n) is 7.28. The Hall–Kier alpha value is -2.59. The number of nitrogens with zero attached hydrogens (tertiary/aromatic N) is 5. The number of fused-ring (bicyclic) bond motifs is 1. The SMILES string of the molecule is O=S(=O)(CCO)CCNc1nc(-n2ccnn2)nc2ccccc12. The predicted octanol–water partition coefficient (Wildman–Crippen LogP) is 0.0295. The van der Waals surface area contributed by atoms with E-state index < -0.39 is 9.84 Å². The number of anilines is 1. The van der Waals surface area contributed by atoms with Gasteiger partial charge in [-0.25, -0.2) is 13.4 Å². The van der Waals surface area contributed by atoms with Gasteiger partial charge >= 0.3 is 0 Å². The zero-order valence-corrected chi connectivity index (χ0v) is 13.5. The summed E-state index contributed by atoms with van der Waals surface area (Å²) in [5, 5.41) is 20.2. The van der Waals surface area contributed by atoms with Crippen molar-refractivity contribution in [2.75, 3.05) is 30.0 Å². The molecule has 0 spiro atoms. The van der Waals surface area contributed by atoms with E-state index in [1.54, 1.807) is 6.20 Å². The zero-order valence-electron chi connectivity index (χ0n) is 12.7. The molecule has 0 atom stereocenters. The lowest BCUT2D eigenvalue weighted by Gasteiger charge is -2.10. The number of benzene rings is 1. The summed E-state index contributed by atoms with van der Waals surface area (Å²) in [5.74, 6) is 0.519. The van der Waals surface area contributed by atoms with Gasteiger partial charge in [-0.1, -0.05) is 17.3 Å². The maximum Gasteiger partial charge on any atom is 0.254 e. The second-order valence-corrected chi connectivity index (χ2v) is 7.34. The molecule has 10 heteroatoms. The molecule has 0 saturated heterocycles. The highest BCUT2D eigenvalue weighted by molar-refractivity contribution is 7.91. The summed E-state index contributed by atoms with van der Waals surface area (Å²) < 4.78 is 24.8. The predicted molar refractivity (Wildman–Crippen MR) is 88.7 cm³/mol. The van der Waals surface area contributed by atoms with Gasteiger partial charge in [-0.05, 0) is 12.1 Å². The summed E-state index contributed by atoms with van der Waals surface area (Å²) in [5.41, 5.74) is 0.707. The summed E-state index contributed by atoms with van der Waals surface area (Å²) in [4.78, 5) is 8.83. The van der Waals surface area contributed by atoms with Crippen molar-refractivity contribution < 1.29 is 13.5 Å². The Balaban J connectivity index is 1.88. The molecule has 2 N–H and O–H groups in total. The summed E-state index contributed by atoms with van der Waals surface area (Å²) in [6.07, 6.45) is 3.15. The Labute approximate surface area is 138 Å². The third-order valence-corrected chi connectivity index (χ3v) is 4.96. The van der Waals surface area contributed by atoms with Crippen LogP contribution in [0.15, 0.2) is 36.7 Å². The lowest BCUT2D eigenvalue weighted by Crippen LogP contribution is -2.20. The van der Waals surface area contributed by atoms with E-state index in [0.717, 1.165) is 5.39 Å². The fourth-order valence-electron chi connectivity index (χ4n) is 2.18. The fourth-order valence-corrected chi connectivity index (χ4v) is 3.08. The van der Waals surface area contributed by atoms with E-state index in [0.29, 0.717) is 17.3 Å². The Morgan fingerprint density at radius 2 is 2.00 bits per heavy atom. The van der Waals surface area contributed by atoms with Crippen molar-refractivity contribution in [2.45, 2.75) is 0 Å². The van der Waals surface area contributed by atoms with Gasteiger partial charge in [-0.2, -0.15) is 9.67 Å². The topological polar surface area (TPSA) is 123 Å². The number of aromatic nitrogens is 5. The van der Waals surface area contributed by atoms with E-state index in [1.807, 2.05) is 24.3 Å². The van der Waals surface area contributed by atoms with Crippen LogP contribution >= 0.6 is 0 Å². The molecule has 0 aliphatic heterocycles. The third kappa shape index (κ3) is 3.66. The highest BCUT2D eigenvalue weighted by atomic mass is 32.2. The average molecular weight is 348 g/mol.